The third-order valence-corrected chi connectivity index (χ3v) is 6.36. The van der Waals surface area contributed by atoms with Crippen LogP contribution in [0.15, 0.2) is 58.1 Å². The molecule has 0 unspecified atom stereocenters. The summed E-state index contributed by atoms with van der Waals surface area (Å²) < 4.78 is 68.0. The fourth-order valence-corrected chi connectivity index (χ4v) is 4.17. The van der Waals surface area contributed by atoms with Crippen LogP contribution in [-0.4, -0.2) is 44.8 Å². The van der Waals surface area contributed by atoms with Crippen molar-refractivity contribution in [3.8, 4) is 17.2 Å². The Morgan fingerprint density at radius 1 is 1.03 bits per heavy atom. The number of hydrogen-bond donors (Lipinski definition) is 4. The molecule has 2 aromatic heterocycles. The second kappa shape index (κ2) is 12.0. The predicted molar refractivity (Wildman–Crippen MR) is 143 cm³/mol. The molecule has 0 amide bonds. The van der Waals surface area contributed by atoms with Crippen LogP contribution in [0.5, 0.6) is 17.2 Å². The van der Waals surface area contributed by atoms with Gasteiger partial charge < -0.3 is 35.9 Å². The van der Waals surface area contributed by atoms with Crippen LogP contribution in [0, 0.1) is 6.92 Å². The van der Waals surface area contributed by atoms with E-state index >= 15 is 0 Å². The molecule has 0 saturated heterocycles. The van der Waals surface area contributed by atoms with Gasteiger partial charge in [-0.25, -0.2) is 13.4 Å². The van der Waals surface area contributed by atoms with Gasteiger partial charge in [-0.05, 0) is 48.9 Å². The van der Waals surface area contributed by atoms with Crippen LogP contribution < -0.4 is 36.1 Å². The van der Waals surface area contributed by atoms with Gasteiger partial charge >= 0.3 is 0 Å². The van der Waals surface area contributed by atoms with Crippen LogP contribution in [0.2, 0.25) is 0 Å². The summed E-state index contributed by atoms with van der Waals surface area (Å²) >= 11 is 0. The summed E-state index contributed by atoms with van der Waals surface area (Å²) in [5.41, 5.74) is 18.7. The van der Waals surface area contributed by atoms with E-state index in [1.165, 1.54) is 50.7 Å². The summed E-state index contributed by atoms with van der Waals surface area (Å²) in [4.78, 5) is 7.93. The van der Waals surface area contributed by atoms with Crippen molar-refractivity contribution in [2.75, 3.05) is 43.2 Å². The highest BCUT2D eigenvalue weighted by Gasteiger charge is 2.16. The van der Waals surface area contributed by atoms with Crippen LogP contribution in [0.4, 0.5) is 23.3 Å². The van der Waals surface area contributed by atoms with E-state index in [0.29, 0.717) is 23.4 Å². The van der Waals surface area contributed by atoms with Crippen LogP contribution in [0.25, 0.3) is 0 Å². The number of methoxy groups -OCH3 is 3. The monoisotopic (exact) mass is 547 g/mol. The molecule has 14 heteroatoms. The molecule has 38 heavy (non-hydrogen) atoms. The van der Waals surface area contributed by atoms with Crippen LogP contribution in [0.3, 0.4) is 0 Å². The quantitative estimate of drug-likeness (QED) is 0.186. The molecule has 2 heterocycles. The minimum absolute atomic E-state index is 0.00489. The van der Waals surface area contributed by atoms with Gasteiger partial charge in [0.25, 0.3) is 10.0 Å². The van der Waals surface area contributed by atoms with Crippen molar-refractivity contribution >= 4 is 33.3 Å². The average molecular weight is 548 g/mol. The molecule has 7 N–H and O–H groups in total. The summed E-state index contributed by atoms with van der Waals surface area (Å²) in [6.07, 6.45) is 1.91. The highest BCUT2D eigenvalue weighted by Crippen LogP contribution is 2.38. The lowest BCUT2D eigenvalue weighted by Gasteiger charge is -2.14. The first-order valence-corrected chi connectivity index (χ1v) is 12.3. The Bertz CT molecular complexity index is 1570. The number of nitrogens with two attached hydrogens (primary N) is 3. The number of ether oxygens (including phenoxy) is 3. The van der Waals surface area contributed by atoms with Gasteiger partial charge in [0.1, 0.15) is 11.6 Å². The molecule has 0 radical (unpaired) electrons. The molecule has 0 bridgehead atoms. The second-order valence-corrected chi connectivity index (χ2v) is 9.43. The van der Waals surface area contributed by atoms with E-state index in [1.807, 2.05) is 0 Å². The molecule has 0 aliphatic rings. The minimum Gasteiger partial charge on any atom is -0.493 e. The van der Waals surface area contributed by atoms with E-state index in [-0.39, 0.29) is 39.7 Å². The summed E-state index contributed by atoms with van der Waals surface area (Å²) in [6, 6.07) is 10.6. The summed E-state index contributed by atoms with van der Waals surface area (Å²) in [7, 11) is -3.46. The number of hydrogen-bond acceptors (Lipinski definition) is 12. The van der Waals surface area contributed by atoms with Crippen molar-refractivity contribution in [1.82, 2.24) is 15.1 Å². The molecule has 0 spiro atoms. The Hall–Kier alpha value is -4.72. The number of anilines is 4. The smallest absolute Gasteiger partial charge is 0.263 e. The molecule has 0 atom stereocenters. The van der Waals surface area contributed by atoms with Gasteiger partial charge in [-0.3, -0.25) is 4.72 Å². The van der Waals surface area contributed by atoms with Gasteiger partial charge in [-0.15, -0.1) is 0 Å². The number of benzene rings is 2. The number of aromatic nitrogens is 3. The van der Waals surface area contributed by atoms with Gasteiger partial charge in [0.2, 0.25) is 11.7 Å². The Balaban J connectivity index is 0.000000239. The second-order valence-electron chi connectivity index (χ2n) is 7.74. The van der Waals surface area contributed by atoms with Crippen molar-refractivity contribution in [2.45, 2.75) is 18.2 Å². The molecule has 0 saturated carbocycles. The first-order valence-electron chi connectivity index (χ1n) is 12.3. The SMILES string of the molecule is Cc1cc(NS(=O)(=O)c2ccc(N)cc2)no1.[2H][13C]([2H])([2H])Oc1c(OC)cc(Cc2cnc(N)nc2N)cc1OC. The summed E-state index contributed by atoms with van der Waals surface area (Å²) in [6.45, 7) is 1.67. The fraction of sp³-hybridized carbons (Fsp3) is 0.208. The van der Waals surface area contributed by atoms with E-state index in [9.17, 15) is 8.42 Å². The zero-order valence-corrected chi connectivity index (χ0v) is 21.6. The molecule has 13 nitrogen and oxygen atoms in total. The normalized spacial score (nSPS) is 12.2. The number of nitrogens with one attached hydrogen (secondary N) is 1. The lowest BCUT2D eigenvalue weighted by atomic mass is 10.1. The van der Waals surface area contributed by atoms with Gasteiger partial charge in [-0.1, -0.05) is 5.16 Å². The van der Waals surface area contributed by atoms with Crippen LogP contribution >= 0.6 is 0 Å². The Morgan fingerprint density at radius 2 is 1.68 bits per heavy atom. The van der Waals surface area contributed by atoms with E-state index in [4.69, 9.17) is 40.0 Å². The molecular weight excluding hydrogens is 515 g/mol. The average Bonchev–Trinajstić information content (AvgIpc) is 3.29. The van der Waals surface area contributed by atoms with Crippen LogP contribution in [0.1, 0.15) is 21.0 Å². The van der Waals surface area contributed by atoms with Crippen LogP contribution in [-0.2, 0) is 16.4 Å². The van der Waals surface area contributed by atoms with Crippen molar-refractivity contribution in [3.63, 3.8) is 0 Å². The van der Waals surface area contributed by atoms with Crippen molar-refractivity contribution in [3.05, 3.63) is 65.5 Å². The molecule has 0 aliphatic carbocycles. The Labute approximate surface area is 224 Å². The molecule has 4 rings (SSSR count). The Kier molecular flexibility index (Phi) is 7.48. The number of nitrogen functional groups attached to an aromatic ring is 3. The first kappa shape index (κ1) is 23.7. The van der Waals surface area contributed by atoms with Crippen molar-refractivity contribution in [1.29, 1.82) is 0 Å². The van der Waals surface area contributed by atoms with E-state index in [0.717, 1.165) is 5.56 Å². The fourth-order valence-electron chi connectivity index (χ4n) is 3.19. The largest absolute Gasteiger partial charge is 0.493 e. The molecular formula is C24H29N7O6S. The maximum atomic E-state index is 11.9. The molecule has 0 fully saturated rings. The molecule has 0 aliphatic heterocycles. The number of sulfonamides is 1. The van der Waals surface area contributed by atoms with Gasteiger partial charge in [0.05, 0.1) is 30.3 Å². The lowest BCUT2D eigenvalue weighted by molar-refractivity contribution is 0.324. The topological polar surface area (TPSA) is 204 Å². The first-order chi connectivity index (χ1) is 19.2. The highest BCUT2D eigenvalue weighted by molar-refractivity contribution is 7.92. The zero-order valence-electron chi connectivity index (χ0n) is 23.8. The minimum atomic E-state index is -3.64. The summed E-state index contributed by atoms with van der Waals surface area (Å²) in [5.74, 6) is 1.51. The summed E-state index contributed by atoms with van der Waals surface area (Å²) in [5, 5.41) is 3.55. The van der Waals surface area contributed by atoms with E-state index < -0.39 is 17.1 Å². The number of rotatable bonds is 8. The molecule has 2 aromatic carbocycles. The Morgan fingerprint density at radius 3 is 2.21 bits per heavy atom. The van der Waals surface area contributed by atoms with E-state index in [2.05, 4.69) is 19.8 Å². The zero-order chi connectivity index (χ0) is 30.4. The number of nitrogens with zero attached hydrogens (tertiary/aromatic N) is 3. The maximum Gasteiger partial charge on any atom is 0.263 e. The third-order valence-electron chi connectivity index (χ3n) is 4.99. The van der Waals surface area contributed by atoms with Gasteiger partial charge in [-0.2, -0.15) is 4.98 Å². The van der Waals surface area contributed by atoms with Crippen molar-refractivity contribution < 1.29 is 31.3 Å². The lowest BCUT2D eigenvalue weighted by Crippen LogP contribution is -2.13. The van der Waals surface area contributed by atoms with Crippen molar-refractivity contribution in [2.24, 2.45) is 0 Å². The van der Waals surface area contributed by atoms with Gasteiger partial charge in [0, 0.05) is 29.9 Å². The van der Waals surface area contributed by atoms with Gasteiger partial charge in [0.15, 0.2) is 17.3 Å². The maximum absolute atomic E-state index is 11.9. The van der Waals surface area contributed by atoms with E-state index in [1.54, 1.807) is 19.1 Å². The third kappa shape index (κ3) is 6.94. The highest BCUT2D eigenvalue weighted by atomic mass is 32.2. The predicted octanol–water partition coefficient (Wildman–Crippen LogP) is 2.62. The molecule has 202 valence electrons. The molecule has 4 aromatic rings. The number of aryl methyl sites for hydroxylation is 1. The standard InChI is InChI=1S/C14H18N4O3.C10H11N3O3S/c1-19-10-5-8(6-11(20-2)12(10)21-3)4-9-7-17-14(16)18-13(9)15;1-7-6-10(12-16-7)13-17(14,15)9-4-2-8(11)3-5-9/h5-7H,4H2,1-3H3,(H4,15,16,17,18);2-6H,11H2,1H3,(H,12,13)/i3+1D3;.